The Morgan fingerprint density at radius 1 is 1.23 bits per heavy atom. The van der Waals surface area contributed by atoms with Gasteiger partial charge in [-0.05, 0) is 29.3 Å². The first kappa shape index (κ1) is 24.2. The van der Waals surface area contributed by atoms with Crippen molar-refractivity contribution in [3.05, 3.63) is 53.8 Å². The van der Waals surface area contributed by atoms with Gasteiger partial charge in [0.05, 0.1) is 31.5 Å². The number of halogens is 1. The van der Waals surface area contributed by atoms with Gasteiger partial charge in [0.25, 0.3) is 0 Å². The highest BCUT2D eigenvalue weighted by molar-refractivity contribution is 5.90. The Balaban J connectivity index is 1.37. The summed E-state index contributed by atoms with van der Waals surface area (Å²) in [7, 11) is 0. The summed E-state index contributed by atoms with van der Waals surface area (Å²) in [6, 6.07) is 12.1. The van der Waals surface area contributed by atoms with E-state index in [0.717, 1.165) is 37.3 Å². The second-order valence-corrected chi connectivity index (χ2v) is 8.52. The van der Waals surface area contributed by atoms with Gasteiger partial charge in [-0.3, -0.25) is 19.6 Å². The van der Waals surface area contributed by atoms with Crippen LogP contribution in [0.4, 0.5) is 14.9 Å². The van der Waals surface area contributed by atoms with E-state index in [-0.39, 0.29) is 19.0 Å². The molecule has 2 aromatic carbocycles. The van der Waals surface area contributed by atoms with Crippen molar-refractivity contribution in [2.75, 3.05) is 50.7 Å². The molecule has 182 valence electrons. The molecule has 2 saturated heterocycles. The Morgan fingerprint density at radius 2 is 1.97 bits per heavy atom. The van der Waals surface area contributed by atoms with Gasteiger partial charge in [-0.25, -0.2) is 9.18 Å². The van der Waals surface area contributed by atoms with Gasteiger partial charge < -0.3 is 10.1 Å². The van der Waals surface area contributed by atoms with Crippen LogP contribution in [0.25, 0.3) is 11.1 Å². The van der Waals surface area contributed by atoms with Gasteiger partial charge in [-0.1, -0.05) is 30.2 Å². The molecule has 2 amide bonds. The zero-order chi connectivity index (χ0) is 24.8. The number of ether oxygens (including phenoxy) is 1. The maximum Gasteiger partial charge on any atom is 0.414 e. The number of piperazine rings is 1. The van der Waals surface area contributed by atoms with E-state index >= 15 is 0 Å². The zero-order valence-corrected chi connectivity index (χ0v) is 19.6. The topological polar surface area (TPSA) is 77.5 Å². The summed E-state index contributed by atoms with van der Waals surface area (Å²) in [5.74, 6) is 2.03. The number of hydrazone groups is 1. The average molecular weight is 478 g/mol. The Labute approximate surface area is 204 Å². The van der Waals surface area contributed by atoms with Gasteiger partial charge in [0.15, 0.2) is 0 Å². The summed E-state index contributed by atoms with van der Waals surface area (Å²) in [5.41, 5.74) is 2.49. The zero-order valence-electron chi connectivity index (χ0n) is 19.6. The number of rotatable bonds is 7. The smallest absolute Gasteiger partial charge is 0.414 e. The van der Waals surface area contributed by atoms with Crippen molar-refractivity contribution >= 4 is 23.9 Å². The minimum Gasteiger partial charge on any atom is -0.442 e. The predicted octanol–water partition coefficient (Wildman–Crippen LogP) is 2.54. The molecule has 0 bridgehead atoms. The van der Waals surface area contributed by atoms with Crippen molar-refractivity contribution in [3.8, 4) is 23.5 Å². The quantitative estimate of drug-likeness (QED) is 0.490. The molecule has 2 aliphatic rings. The third-order valence-corrected chi connectivity index (χ3v) is 5.97. The van der Waals surface area contributed by atoms with Crippen LogP contribution in [0.15, 0.2) is 47.6 Å². The largest absolute Gasteiger partial charge is 0.442 e. The minimum atomic E-state index is -0.561. The first-order valence-corrected chi connectivity index (χ1v) is 11.5. The van der Waals surface area contributed by atoms with E-state index in [1.54, 1.807) is 18.3 Å². The highest BCUT2D eigenvalue weighted by Crippen LogP contribution is 2.29. The molecule has 2 heterocycles. The van der Waals surface area contributed by atoms with Gasteiger partial charge in [0.1, 0.15) is 11.9 Å². The van der Waals surface area contributed by atoms with E-state index in [4.69, 9.17) is 11.2 Å². The third kappa shape index (κ3) is 6.16. The standard InChI is InChI=1S/C26H28FN5O3/c1-3-10-30-11-13-31(14-12-30)29-16-20-4-6-21(7-5-20)24-9-8-22(15-25(24)27)32-18-23(35-26(32)34)17-28-19(2)33/h1,4-9,15-16,23H,10-14,17-18H2,2H3,(H,28,33)/t23-/m0/s1. The molecule has 8 nitrogen and oxygen atoms in total. The average Bonchev–Trinajstić information content (AvgIpc) is 3.23. The number of nitrogens with one attached hydrogen (secondary N) is 1. The van der Waals surface area contributed by atoms with Gasteiger partial charge >= 0.3 is 6.09 Å². The molecule has 1 atom stereocenters. The molecule has 0 radical (unpaired) electrons. The molecule has 35 heavy (non-hydrogen) atoms. The van der Waals surface area contributed by atoms with Crippen LogP contribution in [0, 0.1) is 18.2 Å². The normalized spacial score (nSPS) is 18.5. The molecule has 1 N–H and O–H groups in total. The summed E-state index contributed by atoms with van der Waals surface area (Å²) < 4.78 is 20.2. The molecule has 0 aliphatic carbocycles. The highest BCUT2D eigenvalue weighted by Gasteiger charge is 2.32. The van der Waals surface area contributed by atoms with Crippen LogP contribution in [-0.2, 0) is 9.53 Å². The van der Waals surface area contributed by atoms with E-state index in [9.17, 15) is 14.0 Å². The number of carbonyl (C=O) groups excluding carboxylic acids is 2. The van der Waals surface area contributed by atoms with Crippen molar-refractivity contribution in [3.63, 3.8) is 0 Å². The maximum atomic E-state index is 15.0. The lowest BCUT2D eigenvalue weighted by Gasteiger charge is -2.31. The fourth-order valence-electron chi connectivity index (χ4n) is 4.04. The third-order valence-electron chi connectivity index (χ3n) is 5.97. The van der Waals surface area contributed by atoms with Crippen LogP contribution in [0.1, 0.15) is 12.5 Å². The molecule has 0 aromatic heterocycles. The van der Waals surface area contributed by atoms with E-state index in [2.05, 4.69) is 21.2 Å². The number of amides is 2. The first-order valence-electron chi connectivity index (χ1n) is 11.5. The van der Waals surface area contributed by atoms with Gasteiger partial charge in [-0.15, -0.1) is 6.42 Å². The SMILES string of the molecule is C#CCN1CCN(N=Cc2ccc(-c3ccc(N4C[C@H](CNC(C)=O)OC4=O)cc3F)cc2)CC1. The van der Waals surface area contributed by atoms with Crippen LogP contribution in [-0.4, -0.2) is 80.0 Å². The van der Waals surface area contributed by atoms with Gasteiger partial charge in [-0.2, -0.15) is 5.10 Å². The summed E-state index contributed by atoms with van der Waals surface area (Å²) in [6.45, 7) is 5.95. The van der Waals surface area contributed by atoms with Crippen LogP contribution in [0.2, 0.25) is 0 Å². The molecular weight excluding hydrogens is 449 g/mol. The summed E-state index contributed by atoms with van der Waals surface area (Å²) in [5, 5.41) is 9.18. The second kappa shape index (κ2) is 11.0. The van der Waals surface area contributed by atoms with Crippen molar-refractivity contribution < 1.29 is 18.7 Å². The molecular formula is C26H28FN5O3. The van der Waals surface area contributed by atoms with Crippen LogP contribution >= 0.6 is 0 Å². The van der Waals surface area contributed by atoms with E-state index in [1.165, 1.54) is 17.9 Å². The Bertz CT molecular complexity index is 1140. The maximum absolute atomic E-state index is 15.0. The lowest BCUT2D eigenvalue weighted by molar-refractivity contribution is -0.119. The number of terminal acetylenes is 1. The lowest BCUT2D eigenvalue weighted by Crippen LogP contribution is -2.44. The van der Waals surface area contributed by atoms with Crippen LogP contribution in [0.5, 0.6) is 0 Å². The Kier molecular flexibility index (Phi) is 7.63. The van der Waals surface area contributed by atoms with Crippen LogP contribution < -0.4 is 10.2 Å². The van der Waals surface area contributed by atoms with Crippen molar-refractivity contribution in [1.29, 1.82) is 0 Å². The molecule has 0 spiro atoms. The van der Waals surface area contributed by atoms with Crippen molar-refractivity contribution in [2.45, 2.75) is 13.0 Å². The number of benzene rings is 2. The molecule has 2 fully saturated rings. The predicted molar refractivity (Wildman–Crippen MR) is 133 cm³/mol. The summed E-state index contributed by atoms with van der Waals surface area (Å²) >= 11 is 0. The number of cyclic esters (lactones) is 1. The second-order valence-electron chi connectivity index (χ2n) is 8.52. The van der Waals surface area contributed by atoms with Gasteiger partial charge in [0, 0.05) is 38.7 Å². The Morgan fingerprint density at radius 3 is 2.63 bits per heavy atom. The van der Waals surface area contributed by atoms with Crippen LogP contribution in [0.3, 0.4) is 0 Å². The molecule has 0 saturated carbocycles. The minimum absolute atomic E-state index is 0.203. The van der Waals surface area contributed by atoms with E-state index < -0.39 is 18.0 Å². The molecule has 0 unspecified atom stereocenters. The molecule has 2 aliphatic heterocycles. The number of hydrogen-bond acceptors (Lipinski definition) is 6. The first-order chi connectivity index (χ1) is 16.9. The molecule has 4 rings (SSSR count). The Hall–Kier alpha value is -3.90. The van der Waals surface area contributed by atoms with Crippen molar-refractivity contribution in [1.82, 2.24) is 15.2 Å². The number of nitrogens with zero attached hydrogens (tertiary/aromatic N) is 4. The fraction of sp³-hybridized carbons (Fsp3) is 0.346. The lowest BCUT2D eigenvalue weighted by atomic mass is 10.0. The highest BCUT2D eigenvalue weighted by atomic mass is 19.1. The number of hydrogen-bond donors (Lipinski definition) is 1. The molecule has 2 aromatic rings. The molecule has 9 heteroatoms. The summed E-state index contributed by atoms with van der Waals surface area (Å²) in [4.78, 5) is 26.9. The summed E-state index contributed by atoms with van der Waals surface area (Å²) in [6.07, 6.45) is 6.13. The monoisotopic (exact) mass is 477 g/mol. The van der Waals surface area contributed by atoms with E-state index in [0.29, 0.717) is 17.8 Å². The fourth-order valence-corrected chi connectivity index (χ4v) is 4.04. The van der Waals surface area contributed by atoms with Gasteiger partial charge in [0.2, 0.25) is 5.91 Å². The van der Waals surface area contributed by atoms with Crippen molar-refractivity contribution in [2.24, 2.45) is 5.10 Å². The van der Waals surface area contributed by atoms with E-state index in [1.807, 2.05) is 29.3 Å². The number of anilines is 1. The number of carbonyl (C=O) groups is 2.